The molecule has 1 rings (SSSR count). The number of aryl methyl sites for hydroxylation is 1. The molecule has 0 aromatic heterocycles. The van der Waals surface area contributed by atoms with Crippen LogP contribution >= 0.6 is 0 Å². The third-order valence-corrected chi connectivity index (χ3v) is 2.06. The zero-order valence-electron chi connectivity index (χ0n) is 8.75. The molecule has 0 amide bonds. The van der Waals surface area contributed by atoms with Gasteiger partial charge in [0, 0.05) is 0 Å². The summed E-state index contributed by atoms with van der Waals surface area (Å²) in [7, 11) is 0. The number of hydrogen-bond acceptors (Lipinski definition) is 2. The highest BCUT2D eigenvalue weighted by atomic mass is 16.5. The lowest BCUT2D eigenvalue weighted by Gasteiger charge is -2.06. The van der Waals surface area contributed by atoms with Gasteiger partial charge in [0.05, 0.1) is 12.2 Å². The van der Waals surface area contributed by atoms with Crippen LogP contribution in [0.1, 0.15) is 36.2 Å². The summed E-state index contributed by atoms with van der Waals surface area (Å²) in [6.45, 7) is 4.52. The Bertz CT molecular complexity index is 305. The van der Waals surface area contributed by atoms with Gasteiger partial charge in [-0.3, -0.25) is 0 Å². The van der Waals surface area contributed by atoms with Crippen molar-refractivity contribution in [2.24, 2.45) is 0 Å². The highest BCUT2D eigenvalue weighted by Crippen LogP contribution is 2.10. The lowest BCUT2D eigenvalue weighted by atomic mass is 10.1. The zero-order chi connectivity index (χ0) is 10.4. The molecule has 14 heavy (non-hydrogen) atoms. The molecule has 0 aliphatic rings. The van der Waals surface area contributed by atoms with Gasteiger partial charge in [0.2, 0.25) is 0 Å². The van der Waals surface area contributed by atoms with E-state index in [9.17, 15) is 4.79 Å². The molecule has 0 spiro atoms. The van der Waals surface area contributed by atoms with Crippen LogP contribution in [-0.4, -0.2) is 12.6 Å². The average Bonchev–Trinajstić information content (AvgIpc) is 2.25. The van der Waals surface area contributed by atoms with Crippen molar-refractivity contribution in [3.63, 3.8) is 0 Å². The van der Waals surface area contributed by atoms with Gasteiger partial charge in [-0.05, 0) is 24.5 Å². The molecule has 76 valence electrons. The third kappa shape index (κ3) is 2.59. The van der Waals surface area contributed by atoms with Crippen LogP contribution in [0.4, 0.5) is 0 Å². The Labute approximate surface area is 84.9 Å². The summed E-state index contributed by atoms with van der Waals surface area (Å²) in [5.41, 5.74) is 1.75. The molecule has 0 radical (unpaired) electrons. The third-order valence-electron chi connectivity index (χ3n) is 2.06. The van der Waals surface area contributed by atoms with Crippen LogP contribution in [0.3, 0.4) is 0 Å². The van der Waals surface area contributed by atoms with Crippen LogP contribution in [0, 0.1) is 0 Å². The maximum absolute atomic E-state index is 11.6. The van der Waals surface area contributed by atoms with Gasteiger partial charge in [0.25, 0.3) is 0 Å². The van der Waals surface area contributed by atoms with Gasteiger partial charge in [0.15, 0.2) is 0 Å². The Balaban J connectivity index is 2.78. The van der Waals surface area contributed by atoms with Gasteiger partial charge in [0.1, 0.15) is 0 Å². The minimum absolute atomic E-state index is 0.204. The first kappa shape index (κ1) is 10.8. The number of hydrogen-bond donors (Lipinski definition) is 0. The van der Waals surface area contributed by atoms with Crippen LogP contribution in [-0.2, 0) is 11.2 Å². The van der Waals surface area contributed by atoms with Crippen LogP contribution in [0.5, 0.6) is 0 Å². The molecule has 0 N–H and O–H groups in total. The highest BCUT2D eigenvalue weighted by molar-refractivity contribution is 5.91. The number of rotatable bonds is 4. The van der Waals surface area contributed by atoms with Crippen molar-refractivity contribution in [1.29, 1.82) is 0 Å². The maximum atomic E-state index is 11.6. The summed E-state index contributed by atoms with van der Waals surface area (Å²) in [5.74, 6) is -0.204. The number of carbonyl (C=O) groups excluding carboxylic acids is 1. The van der Waals surface area contributed by atoms with E-state index in [4.69, 9.17) is 4.74 Å². The van der Waals surface area contributed by atoms with E-state index in [1.807, 2.05) is 38.1 Å². The zero-order valence-corrected chi connectivity index (χ0v) is 8.75. The second-order valence-electron chi connectivity index (χ2n) is 3.15. The van der Waals surface area contributed by atoms with Gasteiger partial charge < -0.3 is 4.74 Å². The minimum Gasteiger partial charge on any atom is -0.462 e. The monoisotopic (exact) mass is 192 g/mol. The smallest absolute Gasteiger partial charge is 0.338 e. The SMILES string of the molecule is CCCOC(=O)c1ccccc1CC. The molecule has 0 aliphatic carbocycles. The minimum atomic E-state index is -0.204. The van der Waals surface area contributed by atoms with E-state index in [1.165, 1.54) is 0 Å². The van der Waals surface area contributed by atoms with Crippen LogP contribution < -0.4 is 0 Å². The lowest BCUT2D eigenvalue weighted by Crippen LogP contribution is -2.08. The molecule has 0 bridgehead atoms. The van der Waals surface area contributed by atoms with Crippen LogP contribution in [0.25, 0.3) is 0 Å². The number of carbonyl (C=O) groups is 1. The van der Waals surface area contributed by atoms with Crippen molar-refractivity contribution in [3.05, 3.63) is 35.4 Å². The van der Waals surface area contributed by atoms with Crippen molar-refractivity contribution >= 4 is 5.97 Å². The molecule has 2 heteroatoms. The topological polar surface area (TPSA) is 26.3 Å². The number of esters is 1. The van der Waals surface area contributed by atoms with E-state index in [0.717, 1.165) is 18.4 Å². The molecule has 2 nitrogen and oxygen atoms in total. The highest BCUT2D eigenvalue weighted by Gasteiger charge is 2.09. The Kier molecular flexibility index (Phi) is 4.17. The molecule has 1 aromatic rings. The van der Waals surface area contributed by atoms with Gasteiger partial charge in [-0.25, -0.2) is 4.79 Å². The summed E-state index contributed by atoms with van der Waals surface area (Å²) in [6, 6.07) is 7.58. The second-order valence-corrected chi connectivity index (χ2v) is 3.15. The van der Waals surface area contributed by atoms with E-state index < -0.39 is 0 Å². The molecular weight excluding hydrogens is 176 g/mol. The molecule has 0 saturated heterocycles. The Morgan fingerprint density at radius 3 is 2.64 bits per heavy atom. The van der Waals surface area contributed by atoms with Gasteiger partial charge in [-0.2, -0.15) is 0 Å². The summed E-state index contributed by atoms with van der Waals surface area (Å²) in [5, 5.41) is 0. The van der Waals surface area contributed by atoms with Crippen molar-refractivity contribution in [2.75, 3.05) is 6.61 Å². The fourth-order valence-electron chi connectivity index (χ4n) is 1.30. The average molecular weight is 192 g/mol. The molecular formula is C12H16O2. The molecule has 0 unspecified atom stereocenters. The molecule has 0 saturated carbocycles. The largest absolute Gasteiger partial charge is 0.462 e. The quantitative estimate of drug-likeness (QED) is 0.686. The van der Waals surface area contributed by atoms with Crippen molar-refractivity contribution in [2.45, 2.75) is 26.7 Å². The van der Waals surface area contributed by atoms with E-state index >= 15 is 0 Å². The molecule has 0 heterocycles. The maximum Gasteiger partial charge on any atom is 0.338 e. The summed E-state index contributed by atoms with van der Waals surface area (Å²) in [6.07, 6.45) is 1.72. The Morgan fingerprint density at radius 1 is 1.29 bits per heavy atom. The lowest BCUT2D eigenvalue weighted by molar-refractivity contribution is 0.0504. The van der Waals surface area contributed by atoms with Crippen molar-refractivity contribution < 1.29 is 9.53 Å². The fourth-order valence-corrected chi connectivity index (χ4v) is 1.30. The first-order valence-electron chi connectivity index (χ1n) is 5.04. The normalized spacial score (nSPS) is 9.86. The second kappa shape index (κ2) is 5.43. The van der Waals surface area contributed by atoms with E-state index in [1.54, 1.807) is 0 Å². The summed E-state index contributed by atoms with van der Waals surface area (Å²) >= 11 is 0. The molecule has 0 aliphatic heterocycles. The molecule has 1 aromatic carbocycles. The number of ether oxygens (including phenoxy) is 1. The van der Waals surface area contributed by atoms with E-state index in [0.29, 0.717) is 12.2 Å². The fraction of sp³-hybridized carbons (Fsp3) is 0.417. The predicted molar refractivity (Wildman–Crippen MR) is 56.4 cm³/mol. The Morgan fingerprint density at radius 2 is 2.00 bits per heavy atom. The van der Waals surface area contributed by atoms with Gasteiger partial charge in [-0.15, -0.1) is 0 Å². The van der Waals surface area contributed by atoms with Crippen LogP contribution in [0.2, 0.25) is 0 Å². The first-order chi connectivity index (χ1) is 6.79. The number of benzene rings is 1. The molecule has 0 atom stereocenters. The predicted octanol–water partition coefficient (Wildman–Crippen LogP) is 2.82. The Hall–Kier alpha value is -1.31. The van der Waals surface area contributed by atoms with E-state index in [-0.39, 0.29) is 5.97 Å². The van der Waals surface area contributed by atoms with E-state index in [2.05, 4.69) is 0 Å². The summed E-state index contributed by atoms with van der Waals surface area (Å²) < 4.78 is 5.08. The van der Waals surface area contributed by atoms with Gasteiger partial charge >= 0.3 is 5.97 Å². The standard InChI is InChI=1S/C12H16O2/c1-3-9-14-12(13)11-8-6-5-7-10(11)4-2/h5-8H,3-4,9H2,1-2H3. The molecule has 0 fully saturated rings. The van der Waals surface area contributed by atoms with Crippen molar-refractivity contribution in [3.8, 4) is 0 Å². The van der Waals surface area contributed by atoms with Gasteiger partial charge in [-0.1, -0.05) is 32.0 Å². The van der Waals surface area contributed by atoms with Crippen LogP contribution in [0.15, 0.2) is 24.3 Å². The van der Waals surface area contributed by atoms with Crippen molar-refractivity contribution in [1.82, 2.24) is 0 Å². The summed E-state index contributed by atoms with van der Waals surface area (Å²) in [4.78, 5) is 11.6. The first-order valence-corrected chi connectivity index (χ1v) is 5.04.